The number of hydrogen-bond acceptors (Lipinski definition) is 1. The average Bonchev–Trinajstić information content (AvgIpc) is 2.29. The second kappa shape index (κ2) is 7.58. The van der Waals surface area contributed by atoms with Gasteiger partial charge in [-0.2, -0.15) is 0 Å². The molecule has 0 saturated heterocycles. The Morgan fingerprint density at radius 1 is 1.17 bits per heavy atom. The number of benzene rings is 1. The summed E-state index contributed by atoms with van der Waals surface area (Å²) in [4.78, 5) is 0. The van der Waals surface area contributed by atoms with Gasteiger partial charge >= 0.3 is 0 Å². The van der Waals surface area contributed by atoms with E-state index < -0.39 is 0 Å². The van der Waals surface area contributed by atoms with Crippen LogP contribution in [0, 0.1) is 19.8 Å². The lowest BCUT2D eigenvalue weighted by Crippen LogP contribution is -2.30. The molecule has 0 spiro atoms. The molecule has 1 nitrogen and oxygen atoms in total. The Hall–Kier alpha value is -0.820. The molecule has 0 fully saturated rings. The van der Waals surface area contributed by atoms with Gasteiger partial charge in [0.1, 0.15) is 0 Å². The van der Waals surface area contributed by atoms with Gasteiger partial charge in [0.05, 0.1) is 0 Å². The van der Waals surface area contributed by atoms with E-state index in [9.17, 15) is 0 Å². The van der Waals surface area contributed by atoms with Crippen LogP contribution in [-0.2, 0) is 6.42 Å². The van der Waals surface area contributed by atoms with Crippen molar-refractivity contribution in [2.75, 3.05) is 6.54 Å². The van der Waals surface area contributed by atoms with Crippen molar-refractivity contribution in [1.82, 2.24) is 5.32 Å². The minimum absolute atomic E-state index is 0.662. The van der Waals surface area contributed by atoms with Gasteiger partial charge in [0.25, 0.3) is 0 Å². The molecule has 1 heteroatoms. The molecular weight excluding hydrogens is 218 g/mol. The molecule has 1 unspecified atom stereocenters. The molecule has 0 heterocycles. The summed E-state index contributed by atoms with van der Waals surface area (Å²) in [6, 6.07) is 7.45. The van der Waals surface area contributed by atoms with Gasteiger partial charge in [-0.1, -0.05) is 44.5 Å². The zero-order valence-electron chi connectivity index (χ0n) is 12.7. The van der Waals surface area contributed by atoms with Crippen LogP contribution in [0.5, 0.6) is 0 Å². The summed E-state index contributed by atoms with van der Waals surface area (Å²) in [7, 11) is 0. The van der Waals surface area contributed by atoms with Gasteiger partial charge < -0.3 is 5.32 Å². The molecule has 1 aromatic carbocycles. The van der Waals surface area contributed by atoms with Crippen LogP contribution in [0.15, 0.2) is 18.2 Å². The van der Waals surface area contributed by atoms with E-state index >= 15 is 0 Å². The molecule has 102 valence electrons. The number of aryl methyl sites for hydroxylation is 3. The monoisotopic (exact) mass is 247 g/mol. The summed E-state index contributed by atoms with van der Waals surface area (Å²) in [5.41, 5.74) is 4.32. The van der Waals surface area contributed by atoms with Gasteiger partial charge in [0.15, 0.2) is 0 Å². The van der Waals surface area contributed by atoms with Crippen LogP contribution in [0.1, 0.15) is 50.3 Å². The summed E-state index contributed by atoms with van der Waals surface area (Å²) in [6.07, 6.45) is 3.72. The fraction of sp³-hybridized carbons (Fsp3) is 0.647. The molecule has 1 atom stereocenters. The molecule has 0 bridgehead atoms. The summed E-state index contributed by atoms with van der Waals surface area (Å²) in [5.74, 6) is 0.771. The SMILES string of the molecule is CCNC(CCc1cc(C)ccc1C)CC(C)C. The zero-order chi connectivity index (χ0) is 13.5. The first-order valence-electron chi connectivity index (χ1n) is 7.32. The second-order valence-corrected chi connectivity index (χ2v) is 5.85. The molecule has 0 aromatic heterocycles. The van der Waals surface area contributed by atoms with Crippen molar-refractivity contribution in [3.8, 4) is 0 Å². The van der Waals surface area contributed by atoms with Crippen LogP contribution in [0.3, 0.4) is 0 Å². The molecule has 0 aliphatic rings. The number of rotatable bonds is 7. The fourth-order valence-corrected chi connectivity index (χ4v) is 2.56. The highest BCUT2D eigenvalue weighted by Gasteiger charge is 2.10. The van der Waals surface area contributed by atoms with E-state index in [4.69, 9.17) is 0 Å². The van der Waals surface area contributed by atoms with Gasteiger partial charge in [-0.25, -0.2) is 0 Å². The number of hydrogen-bond donors (Lipinski definition) is 1. The Balaban J connectivity index is 2.57. The Morgan fingerprint density at radius 3 is 2.50 bits per heavy atom. The highest BCUT2D eigenvalue weighted by molar-refractivity contribution is 5.30. The Bertz CT molecular complexity index is 355. The zero-order valence-corrected chi connectivity index (χ0v) is 12.7. The van der Waals surface area contributed by atoms with Crippen molar-refractivity contribution in [2.45, 2.75) is 59.9 Å². The average molecular weight is 247 g/mol. The predicted molar refractivity (Wildman–Crippen MR) is 81.2 cm³/mol. The van der Waals surface area contributed by atoms with Crippen LogP contribution in [0.4, 0.5) is 0 Å². The largest absolute Gasteiger partial charge is 0.314 e. The van der Waals surface area contributed by atoms with Crippen LogP contribution >= 0.6 is 0 Å². The van der Waals surface area contributed by atoms with E-state index in [-0.39, 0.29) is 0 Å². The van der Waals surface area contributed by atoms with E-state index in [1.807, 2.05) is 0 Å². The highest BCUT2D eigenvalue weighted by Crippen LogP contribution is 2.16. The van der Waals surface area contributed by atoms with Crippen LogP contribution in [0.2, 0.25) is 0 Å². The minimum atomic E-state index is 0.662. The molecule has 18 heavy (non-hydrogen) atoms. The molecule has 1 aromatic rings. The first kappa shape index (κ1) is 15.2. The number of nitrogens with one attached hydrogen (secondary N) is 1. The third-order valence-electron chi connectivity index (χ3n) is 3.52. The van der Waals surface area contributed by atoms with Crippen molar-refractivity contribution in [2.24, 2.45) is 5.92 Å². The van der Waals surface area contributed by atoms with Gasteiger partial charge in [0.2, 0.25) is 0 Å². The molecule has 0 aliphatic heterocycles. The maximum absolute atomic E-state index is 3.62. The quantitative estimate of drug-likeness (QED) is 0.759. The molecule has 0 aliphatic carbocycles. The maximum atomic E-state index is 3.62. The van der Waals surface area contributed by atoms with Gasteiger partial charge in [-0.3, -0.25) is 0 Å². The van der Waals surface area contributed by atoms with Gasteiger partial charge in [-0.05, 0) is 56.7 Å². The molecule has 1 rings (SSSR count). The lowest BCUT2D eigenvalue weighted by Gasteiger charge is -2.20. The molecule has 1 N–H and O–H groups in total. The van der Waals surface area contributed by atoms with E-state index in [2.05, 4.69) is 58.1 Å². The smallest absolute Gasteiger partial charge is 0.00725 e. The fourth-order valence-electron chi connectivity index (χ4n) is 2.56. The Kier molecular flexibility index (Phi) is 6.42. The van der Waals surface area contributed by atoms with E-state index in [1.165, 1.54) is 36.0 Å². The minimum Gasteiger partial charge on any atom is -0.314 e. The third kappa shape index (κ3) is 5.22. The summed E-state index contributed by atoms with van der Waals surface area (Å²) in [6.45, 7) is 12.3. The van der Waals surface area contributed by atoms with E-state index in [0.29, 0.717) is 6.04 Å². The highest BCUT2D eigenvalue weighted by atomic mass is 14.9. The first-order valence-corrected chi connectivity index (χ1v) is 7.32. The Labute approximate surface area is 113 Å². The molecule has 0 radical (unpaired) electrons. The summed E-state index contributed by atoms with van der Waals surface area (Å²) < 4.78 is 0. The van der Waals surface area contributed by atoms with Gasteiger partial charge in [-0.15, -0.1) is 0 Å². The van der Waals surface area contributed by atoms with E-state index in [1.54, 1.807) is 0 Å². The topological polar surface area (TPSA) is 12.0 Å². The van der Waals surface area contributed by atoms with Crippen LogP contribution in [0.25, 0.3) is 0 Å². The third-order valence-corrected chi connectivity index (χ3v) is 3.52. The Morgan fingerprint density at radius 2 is 1.89 bits per heavy atom. The van der Waals surface area contributed by atoms with Crippen molar-refractivity contribution in [3.63, 3.8) is 0 Å². The normalized spacial score (nSPS) is 13.0. The standard InChI is InChI=1S/C17H29N/c1-6-18-17(11-13(2)3)10-9-16-12-14(4)7-8-15(16)5/h7-8,12-13,17-18H,6,9-11H2,1-5H3. The maximum Gasteiger partial charge on any atom is 0.00725 e. The van der Waals surface area contributed by atoms with E-state index in [0.717, 1.165) is 12.5 Å². The lowest BCUT2D eigenvalue weighted by molar-refractivity contribution is 0.405. The van der Waals surface area contributed by atoms with Crippen LogP contribution < -0.4 is 5.32 Å². The molecule has 0 saturated carbocycles. The summed E-state index contributed by atoms with van der Waals surface area (Å²) >= 11 is 0. The van der Waals surface area contributed by atoms with Crippen molar-refractivity contribution < 1.29 is 0 Å². The predicted octanol–water partition coefficient (Wildman–Crippen LogP) is 4.26. The van der Waals surface area contributed by atoms with Crippen molar-refractivity contribution >= 4 is 0 Å². The molecular formula is C17H29N. The first-order chi connectivity index (χ1) is 8.52. The summed E-state index contributed by atoms with van der Waals surface area (Å²) in [5, 5.41) is 3.62. The second-order valence-electron chi connectivity index (χ2n) is 5.85. The van der Waals surface area contributed by atoms with Crippen molar-refractivity contribution in [1.29, 1.82) is 0 Å². The van der Waals surface area contributed by atoms with Crippen molar-refractivity contribution in [3.05, 3.63) is 34.9 Å². The van der Waals surface area contributed by atoms with Gasteiger partial charge in [0, 0.05) is 6.04 Å². The molecule has 0 amide bonds. The lowest BCUT2D eigenvalue weighted by atomic mass is 9.95. The van der Waals surface area contributed by atoms with Crippen LogP contribution in [-0.4, -0.2) is 12.6 Å².